The molecule has 0 saturated carbocycles. The van der Waals surface area contributed by atoms with Crippen molar-refractivity contribution in [2.45, 2.75) is 33.3 Å². The minimum Gasteiger partial charge on any atom is -0.458 e. The molecular weight excluding hydrogens is 164 g/mol. The molecule has 0 unspecified atom stereocenters. The lowest BCUT2D eigenvalue weighted by atomic mass is 9.87. The van der Waals surface area contributed by atoms with Crippen LogP contribution in [0, 0.1) is 5.41 Å². The fraction of sp³-hybridized carbons (Fsp3) is 0.545. The lowest BCUT2D eigenvalue weighted by Crippen LogP contribution is -2.30. The summed E-state index contributed by atoms with van der Waals surface area (Å²) >= 11 is 0. The number of esters is 1. The summed E-state index contributed by atoms with van der Waals surface area (Å²) in [5, 5.41) is 0. The van der Waals surface area contributed by atoms with E-state index in [1.165, 1.54) is 6.08 Å². The van der Waals surface area contributed by atoms with Gasteiger partial charge in [0.2, 0.25) is 0 Å². The van der Waals surface area contributed by atoms with Crippen LogP contribution < -0.4 is 0 Å². The first kappa shape index (κ1) is 11.9. The normalized spacial score (nSPS) is 13.2. The van der Waals surface area contributed by atoms with Crippen molar-refractivity contribution in [1.29, 1.82) is 0 Å². The standard InChI is InChI=1S/C11H18O2/c1-6-8-9(11(3,4)5)13-10(12)7-2/h6-7,9H,1-2,8H2,3-5H3/t9-/m0/s1. The highest BCUT2D eigenvalue weighted by atomic mass is 16.5. The van der Waals surface area contributed by atoms with Crippen molar-refractivity contribution in [3.05, 3.63) is 25.3 Å². The number of carbonyl (C=O) groups excluding carboxylic acids is 1. The van der Waals surface area contributed by atoms with Gasteiger partial charge in [0.15, 0.2) is 0 Å². The molecule has 0 bridgehead atoms. The van der Waals surface area contributed by atoms with Gasteiger partial charge in [-0.05, 0) is 5.41 Å². The third kappa shape index (κ3) is 4.51. The maximum atomic E-state index is 11.0. The molecule has 0 aliphatic rings. The van der Waals surface area contributed by atoms with Gasteiger partial charge in [0.25, 0.3) is 0 Å². The zero-order valence-electron chi connectivity index (χ0n) is 8.67. The summed E-state index contributed by atoms with van der Waals surface area (Å²) in [7, 11) is 0. The topological polar surface area (TPSA) is 26.3 Å². The summed E-state index contributed by atoms with van der Waals surface area (Å²) in [6.07, 6.45) is 3.48. The Hall–Kier alpha value is -1.05. The summed E-state index contributed by atoms with van der Waals surface area (Å²) in [5.74, 6) is -0.373. The molecule has 0 saturated heterocycles. The zero-order chi connectivity index (χ0) is 10.5. The van der Waals surface area contributed by atoms with Gasteiger partial charge in [-0.2, -0.15) is 0 Å². The molecule has 0 aromatic rings. The van der Waals surface area contributed by atoms with E-state index in [1.54, 1.807) is 6.08 Å². The van der Waals surface area contributed by atoms with Crippen molar-refractivity contribution in [1.82, 2.24) is 0 Å². The van der Waals surface area contributed by atoms with Gasteiger partial charge in [0, 0.05) is 12.5 Å². The lowest BCUT2D eigenvalue weighted by molar-refractivity contribution is -0.148. The minimum absolute atomic E-state index is 0.0626. The summed E-state index contributed by atoms with van der Waals surface area (Å²) < 4.78 is 5.18. The molecule has 13 heavy (non-hydrogen) atoms. The van der Waals surface area contributed by atoms with Crippen LogP contribution in [0.3, 0.4) is 0 Å². The third-order valence-electron chi connectivity index (χ3n) is 1.77. The van der Waals surface area contributed by atoms with Gasteiger partial charge >= 0.3 is 5.97 Å². The van der Waals surface area contributed by atoms with Crippen molar-refractivity contribution in [3.63, 3.8) is 0 Å². The second-order valence-corrected chi connectivity index (χ2v) is 4.02. The van der Waals surface area contributed by atoms with Gasteiger partial charge in [-0.25, -0.2) is 4.79 Å². The largest absolute Gasteiger partial charge is 0.458 e. The number of hydrogen-bond acceptors (Lipinski definition) is 2. The number of ether oxygens (including phenoxy) is 1. The molecule has 0 aliphatic carbocycles. The van der Waals surface area contributed by atoms with Crippen molar-refractivity contribution in [2.24, 2.45) is 5.41 Å². The first-order chi connectivity index (χ1) is 5.91. The van der Waals surface area contributed by atoms with Crippen molar-refractivity contribution >= 4 is 5.97 Å². The number of rotatable bonds is 4. The van der Waals surface area contributed by atoms with E-state index >= 15 is 0 Å². The van der Waals surface area contributed by atoms with E-state index in [1.807, 2.05) is 20.8 Å². The minimum atomic E-state index is -0.373. The predicted molar refractivity (Wildman–Crippen MR) is 54.3 cm³/mol. The number of carbonyl (C=O) groups is 1. The maximum Gasteiger partial charge on any atom is 0.330 e. The molecule has 0 aliphatic heterocycles. The van der Waals surface area contributed by atoms with Gasteiger partial charge in [-0.1, -0.05) is 33.4 Å². The van der Waals surface area contributed by atoms with E-state index in [4.69, 9.17) is 4.74 Å². The second-order valence-electron chi connectivity index (χ2n) is 4.02. The van der Waals surface area contributed by atoms with Gasteiger partial charge < -0.3 is 4.74 Å². The van der Waals surface area contributed by atoms with E-state index in [0.717, 1.165) is 0 Å². The summed E-state index contributed by atoms with van der Waals surface area (Å²) in [6, 6.07) is 0. The van der Waals surface area contributed by atoms with Gasteiger partial charge in [0.1, 0.15) is 6.10 Å². The fourth-order valence-corrected chi connectivity index (χ4v) is 0.918. The van der Waals surface area contributed by atoms with Crippen LogP contribution in [0.4, 0.5) is 0 Å². The Morgan fingerprint density at radius 1 is 1.46 bits per heavy atom. The number of hydrogen-bond donors (Lipinski definition) is 0. The van der Waals surface area contributed by atoms with E-state index in [2.05, 4.69) is 13.2 Å². The van der Waals surface area contributed by atoms with E-state index in [-0.39, 0.29) is 17.5 Å². The van der Waals surface area contributed by atoms with E-state index in [9.17, 15) is 4.79 Å². The molecule has 1 atom stereocenters. The van der Waals surface area contributed by atoms with Crippen LogP contribution in [-0.4, -0.2) is 12.1 Å². The molecule has 0 aromatic carbocycles. The Morgan fingerprint density at radius 3 is 2.31 bits per heavy atom. The van der Waals surface area contributed by atoms with Gasteiger partial charge in [-0.3, -0.25) is 0 Å². The zero-order valence-corrected chi connectivity index (χ0v) is 8.67. The fourth-order valence-electron chi connectivity index (χ4n) is 0.918. The highest BCUT2D eigenvalue weighted by Gasteiger charge is 2.26. The summed E-state index contributed by atoms with van der Waals surface area (Å²) in [4.78, 5) is 11.0. The molecule has 0 spiro atoms. The Labute approximate surface area is 80.3 Å². The van der Waals surface area contributed by atoms with E-state index < -0.39 is 0 Å². The van der Waals surface area contributed by atoms with Crippen LogP contribution in [0.2, 0.25) is 0 Å². The Bertz CT molecular complexity index is 199. The SMILES string of the molecule is C=CC[C@H](OC(=O)C=C)C(C)(C)C. The average molecular weight is 182 g/mol. The molecule has 2 nitrogen and oxygen atoms in total. The average Bonchev–Trinajstić information content (AvgIpc) is 2.01. The molecule has 0 N–H and O–H groups in total. The highest BCUT2D eigenvalue weighted by Crippen LogP contribution is 2.25. The Morgan fingerprint density at radius 2 is 2.00 bits per heavy atom. The highest BCUT2D eigenvalue weighted by molar-refractivity contribution is 5.81. The lowest BCUT2D eigenvalue weighted by Gasteiger charge is -2.28. The van der Waals surface area contributed by atoms with Crippen molar-refractivity contribution < 1.29 is 9.53 Å². The second kappa shape index (κ2) is 4.85. The molecule has 0 rings (SSSR count). The van der Waals surface area contributed by atoms with Gasteiger partial charge in [-0.15, -0.1) is 6.58 Å². The molecule has 74 valence electrons. The maximum absolute atomic E-state index is 11.0. The monoisotopic (exact) mass is 182 g/mol. The van der Waals surface area contributed by atoms with Crippen LogP contribution in [0.5, 0.6) is 0 Å². The predicted octanol–water partition coefficient (Wildman–Crippen LogP) is 2.71. The van der Waals surface area contributed by atoms with Crippen LogP contribution in [0.1, 0.15) is 27.2 Å². The smallest absolute Gasteiger partial charge is 0.330 e. The quantitative estimate of drug-likeness (QED) is 0.379. The Kier molecular flexibility index (Phi) is 4.46. The van der Waals surface area contributed by atoms with Gasteiger partial charge in [0.05, 0.1) is 0 Å². The van der Waals surface area contributed by atoms with Crippen LogP contribution in [0.25, 0.3) is 0 Å². The molecule has 0 fully saturated rings. The first-order valence-corrected chi connectivity index (χ1v) is 4.35. The molecule has 0 heterocycles. The van der Waals surface area contributed by atoms with Crippen LogP contribution in [-0.2, 0) is 9.53 Å². The first-order valence-electron chi connectivity index (χ1n) is 4.35. The van der Waals surface area contributed by atoms with Crippen LogP contribution in [0.15, 0.2) is 25.3 Å². The molecule has 0 radical (unpaired) electrons. The Balaban J connectivity index is 4.34. The van der Waals surface area contributed by atoms with Crippen LogP contribution >= 0.6 is 0 Å². The van der Waals surface area contributed by atoms with Crippen molar-refractivity contribution in [2.75, 3.05) is 0 Å². The van der Waals surface area contributed by atoms with E-state index in [0.29, 0.717) is 6.42 Å². The molecule has 0 amide bonds. The molecule has 0 aromatic heterocycles. The molecule has 2 heteroatoms. The summed E-state index contributed by atoms with van der Waals surface area (Å²) in [5.41, 5.74) is -0.0626. The molecular formula is C11H18O2. The summed E-state index contributed by atoms with van der Waals surface area (Å²) in [6.45, 7) is 13.1. The third-order valence-corrected chi connectivity index (χ3v) is 1.77. The van der Waals surface area contributed by atoms with Crippen molar-refractivity contribution in [3.8, 4) is 0 Å².